The first-order valence-electron chi connectivity index (χ1n) is 6.15. The van der Waals surface area contributed by atoms with Gasteiger partial charge in [0.2, 0.25) is 0 Å². The molecule has 1 rings (SSSR count). The molecule has 1 heterocycles. The van der Waals surface area contributed by atoms with Gasteiger partial charge in [-0.3, -0.25) is 9.59 Å². The minimum atomic E-state index is -0.701. The van der Waals surface area contributed by atoms with Crippen LogP contribution in [0.4, 0.5) is 0 Å². The van der Waals surface area contributed by atoms with Crippen LogP contribution in [0.2, 0.25) is 0 Å². The lowest BCUT2D eigenvalue weighted by Crippen LogP contribution is -2.56. The van der Waals surface area contributed by atoms with Crippen LogP contribution in [0.1, 0.15) is 37.0 Å². The molecule has 0 fully saturated rings. The molecule has 104 valence electrons. The number of carbonyl (C=O) groups excluding carboxylic acids is 1. The maximum Gasteiger partial charge on any atom is 0.252 e. The number of rotatable bonds is 5. The molecule has 6 heteroatoms. The zero-order chi connectivity index (χ0) is 14.6. The van der Waals surface area contributed by atoms with Crippen LogP contribution in [-0.4, -0.2) is 21.0 Å². The maximum absolute atomic E-state index is 12.2. The van der Waals surface area contributed by atoms with Gasteiger partial charge in [0.25, 0.3) is 11.5 Å². The molecular formula is C13H19N3O2S. The fourth-order valence-electron chi connectivity index (χ4n) is 1.82. The third-order valence-corrected chi connectivity index (χ3v) is 3.79. The van der Waals surface area contributed by atoms with Crippen molar-refractivity contribution in [2.75, 3.05) is 0 Å². The second kappa shape index (κ2) is 5.97. The molecule has 0 saturated heterocycles. The minimum absolute atomic E-state index is 0.235. The first-order chi connectivity index (χ1) is 8.86. The van der Waals surface area contributed by atoms with Gasteiger partial charge in [-0.25, -0.2) is 0 Å². The molecule has 1 aromatic rings. The van der Waals surface area contributed by atoms with E-state index in [0.717, 1.165) is 0 Å². The van der Waals surface area contributed by atoms with Crippen LogP contribution in [0, 0.1) is 0 Å². The van der Waals surface area contributed by atoms with Crippen LogP contribution in [0.3, 0.4) is 0 Å². The predicted molar refractivity (Wildman–Crippen MR) is 79.2 cm³/mol. The molecule has 0 aromatic carbocycles. The van der Waals surface area contributed by atoms with Crippen molar-refractivity contribution in [3.63, 3.8) is 0 Å². The number of nitrogens with two attached hydrogens (primary N) is 1. The Kier molecular flexibility index (Phi) is 4.83. The molecule has 1 amide bonds. The Bertz CT molecular complexity index is 547. The molecule has 3 N–H and O–H groups in total. The summed E-state index contributed by atoms with van der Waals surface area (Å²) in [5, 5.41) is 2.84. The summed E-state index contributed by atoms with van der Waals surface area (Å²) in [4.78, 5) is 23.9. The highest BCUT2D eigenvalue weighted by Crippen LogP contribution is 2.16. The highest BCUT2D eigenvalue weighted by molar-refractivity contribution is 7.80. The van der Waals surface area contributed by atoms with Gasteiger partial charge in [-0.15, -0.1) is 0 Å². The Morgan fingerprint density at radius 2 is 2.05 bits per heavy atom. The van der Waals surface area contributed by atoms with Crippen molar-refractivity contribution in [3.05, 3.63) is 34.2 Å². The van der Waals surface area contributed by atoms with Crippen LogP contribution in [0.15, 0.2) is 23.1 Å². The van der Waals surface area contributed by atoms with Crippen molar-refractivity contribution in [1.29, 1.82) is 0 Å². The quantitative estimate of drug-likeness (QED) is 0.788. The van der Waals surface area contributed by atoms with E-state index >= 15 is 0 Å². The number of aryl methyl sites for hydroxylation is 1. The molecular weight excluding hydrogens is 262 g/mol. The monoisotopic (exact) mass is 281 g/mol. The number of pyridine rings is 1. The molecule has 0 unspecified atom stereocenters. The van der Waals surface area contributed by atoms with E-state index in [-0.39, 0.29) is 16.5 Å². The van der Waals surface area contributed by atoms with Crippen molar-refractivity contribution in [1.82, 2.24) is 9.88 Å². The highest BCUT2D eigenvalue weighted by Gasteiger charge is 2.31. The molecule has 19 heavy (non-hydrogen) atoms. The maximum atomic E-state index is 12.2. The topological polar surface area (TPSA) is 77.1 Å². The zero-order valence-electron chi connectivity index (χ0n) is 11.4. The minimum Gasteiger partial charge on any atom is -0.391 e. The molecule has 0 aliphatic carbocycles. The number of aromatic nitrogens is 1. The molecule has 0 bridgehead atoms. The normalized spacial score (nSPS) is 11.1. The summed E-state index contributed by atoms with van der Waals surface area (Å²) in [6.45, 7) is 3.82. The van der Waals surface area contributed by atoms with E-state index in [4.69, 9.17) is 18.0 Å². The highest BCUT2D eigenvalue weighted by atomic mass is 32.1. The van der Waals surface area contributed by atoms with Crippen LogP contribution < -0.4 is 16.6 Å². The van der Waals surface area contributed by atoms with E-state index in [2.05, 4.69) is 5.32 Å². The van der Waals surface area contributed by atoms with Crippen molar-refractivity contribution in [2.24, 2.45) is 12.8 Å². The number of carbonyl (C=O) groups is 1. The molecule has 0 spiro atoms. The molecule has 1 aromatic heterocycles. The van der Waals surface area contributed by atoms with Gasteiger partial charge in [0.15, 0.2) is 0 Å². The number of thiocarbonyl (C=S) groups is 1. The number of hydrogen-bond donors (Lipinski definition) is 2. The van der Waals surface area contributed by atoms with Crippen molar-refractivity contribution in [2.45, 2.75) is 32.2 Å². The fourth-order valence-corrected chi connectivity index (χ4v) is 2.16. The fraction of sp³-hybridized carbons (Fsp3) is 0.462. The molecule has 5 nitrogen and oxygen atoms in total. The van der Waals surface area contributed by atoms with Gasteiger partial charge < -0.3 is 15.6 Å². The summed E-state index contributed by atoms with van der Waals surface area (Å²) >= 11 is 5.04. The SMILES string of the molecule is CCC(CC)(NC(=O)c1ccn(C)c(=O)c1)C(N)=S. The second-order valence-electron chi connectivity index (χ2n) is 4.47. The van der Waals surface area contributed by atoms with Gasteiger partial charge >= 0.3 is 0 Å². The van der Waals surface area contributed by atoms with E-state index in [0.29, 0.717) is 18.4 Å². The van der Waals surface area contributed by atoms with Crippen molar-refractivity contribution >= 4 is 23.1 Å². The number of nitrogens with one attached hydrogen (secondary N) is 1. The van der Waals surface area contributed by atoms with Crippen LogP contribution >= 0.6 is 12.2 Å². The Labute approximate surface area is 117 Å². The van der Waals surface area contributed by atoms with E-state index in [9.17, 15) is 9.59 Å². The summed E-state index contributed by atoms with van der Waals surface area (Å²) in [6, 6.07) is 2.89. The molecule has 0 radical (unpaired) electrons. The summed E-state index contributed by atoms with van der Waals surface area (Å²) < 4.78 is 1.40. The predicted octanol–water partition coefficient (Wildman–Crippen LogP) is 0.960. The van der Waals surface area contributed by atoms with Gasteiger partial charge in [0.05, 0.1) is 10.5 Å². The van der Waals surface area contributed by atoms with E-state index in [1.165, 1.54) is 10.6 Å². The van der Waals surface area contributed by atoms with Gasteiger partial charge in [-0.1, -0.05) is 26.1 Å². The van der Waals surface area contributed by atoms with Crippen LogP contribution in [-0.2, 0) is 7.05 Å². The Balaban J connectivity index is 3.04. The van der Waals surface area contributed by atoms with Crippen molar-refractivity contribution in [3.8, 4) is 0 Å². The number of hydrogen-bond acceptors (Lipinski definition) is 3. The summed E-state index contributed by atoms with van der Waals surface area (Å²) in [5.41, 5.74) is 5.10. The van der Waals surface area contributed by atoms with Gasteiger partial charge in [0, 0.05) is 24.9 Å². The van der Waals surface area contributed by atoms with E-state index in [1.54, 1.807) is 19.3 Å². The van der Waals surface area contributed by atoms with Crippen molar-refractivity contribution < 1.29 is 4.79 Å². The second-order valence-corrected chi connectivity index (χ2v) is 4.91. The average molecular weight is 281 g/mol. The smallest absolute Gasteiger partial charge is 0.252 e. The summed E-state index contributed by atoms with van der Waals surface area (Å²) in [6.07, 6.45) is 2.77. The summed E-state index contributed by atoms with van der Waals surface area (Å²) in [5.74, 6) is -0.339. The van der Waals surface area contributed by atoms with Crippen LogP contribution in [0.5, 0.6) is 0 Å². The third kappa shape index (κ3) is 3.20. The van der Waals surface area contributed by atoms with Gasteiger partial charge in [0.1, 0.15) is 0 Å². The van der Waals surface area contributed by atoms with Gasteiger partial charge in [-0.05, 0) is 18.9 Å². The first-order valence-corrected chi connectivity index (χ1v) is 6.56. The number of nitrogens with zero attached hydrogens (tertiary/aromatic N) is 1. The average Bonchev–Trinajstić information content (AvgIpc) is 2.38. The molecule has 0 aliphatic heterocycles. The summed E-state index contributed by atoms with van der Waals surface area (Å²) in [7, 11) is 1.63. The molecule has 0 atom stereocenters. The lowest BCUT2D eigenvalue weighted by molar-refractivity contribution is 0.0919. The third-order valence-electron chi connectivity index (χ3n) is 3.40. The van der Waals surface area contributed by atoms with E-state index in [1.807, 2.05) is 13.8 Å². The Morgan fingerprint density at radius 3 is 2.47 bits per heavy atom. The number of amides is 1. The molecule has 0 saturated carbocycles. The Morgan fingerprint density at radius 1 is 1.47 bits per heavy atom. The lowest BCUT2D eigenvalue weighted by atomic mass is 9.92. The van der Waals surface area contributed by atoms with E-state index < -0.39 is 5.54 Å². The lowest BCUT2D eigenvalue weighted by Gasteiger charge is -2.31. The van der Waals surface area contributed by atoms with Gasteiger partial charge in [-0.2, -0.15) is 0 Å². The Hall–Kier alpha value is -1.69. The molecule has 0 aliphatic rings. The first kappa shape index (κ1) is 15.4. The van der Waals surface area contributed by atoms with Crippen LogP contribution in [0.25, 0.3) is 0 Å². The zero-order valence-corrected chi connectivity index (χ0v) is 12.2. The largest absolute Gasteiger partial charge is 0.391 e. The standard InChI is InChI=1S/C13H19N3O2S/c1-4-13(5-2,12(14)19)15-11(18)9-6-7-16(3)10(17)8-9/h6-8H,4-5H2,1-3H3,(H2,14,19)(H,15,18).